The third-order valence-electron chi connectivity index (χ3n) is 3.86. The molecule has 3 heteroatoms. The molecule has 3 nitrogen and oxygen atoms in total. The topological polar surface area (TPSA) is 42.0 Å². The van der Waals surface area contributed by atoms with Crippen LogP contribution in [-0.4, -0.2) is 10.9 Å². The van der Waals surface area contributed by atoms with Crippen LogP contribution in [0.1, 0.15) is 31.9 Å². The summed E-state index contributed by atoms with van der Waals surface area (Å²) in [5.74, 6) is 0.0712. The largest absolute Gasteiger partial charge is 0.325 e. The van der Waals surface area contributed by atoms with Crippen molar-refractivity contribution in [3.63, 3.8) is 0 Å². The molecule has 0 saturated heterocycles. The second kappa shape index (κ2) is 6.14. The fraction of sp³-hybridized carbons (Fsp3) is 0.263. The van der Waals surface area contributed by atoms with E-state index in [0.29, 0.717) is 6.42 Å². The number of unbranched alkanes of at least 4 members (excludes halogenated alkanes) is 1. The van der Waals surface area contributed by atoms with Crippen molar-refractivity contribution >= 4 is 33.3 Å². The number of carbonyl (C=O) groups excluding carboxylic acids is 1. The summed E-state index contributed by atoms with van der Waals surface area (Å²) in [5.41, 5.74) is 2.72. The summed E-state index contributed by atoms with van der Waals surface area (Å²) in [6, 6.07) is 14.3. The van der Waals surface area contributed by atoms with Gasteiger partial charge >= 0.3 is 0 Å². The molecule has 0 spiro atoms. The number of rotatable bonds is 4. The quantitative estimate of drug-likeness (QED) is 0.700. The van der Waals surface area contributed by atoms with Gasteiger partial charge in [-0.1, -0.05) is 49.7 Å². The molecule has 3 aromatic rings. The van der Waals surface area contributed by atoms with Crippen LogP contribution < -0.4 is 5.32 Å². The lowest BCUT2D eigenvalue weighted by Crippen LogP contribution is -2.11. The van der Waals surface area contributed by atoms with Crippen molar-refractivity contribution in [2.45, 2.75) is 33.1 Å². The zero-order valence-corrected chi connectivity index (χ0v) is 13.0. The Labute approximate surface area is 130 Å². The molecule has 0 aliphatic rings. The lowest BCUT2D eigenvalue weighted by atomic mass is 10.0. The van der Waals surface area contributed by atoms with Crippen molar-refractivity contribution in [3.05, 3.63) is 48.2 Å². The Hall–Kier alpha value is -2.42. The molecule has 2 aromatic carbocycles. The van der Waals surface area contributed by atoms with E-state index in [0.717, 1.165) is 45.9 Å². The number of nitrogens with zero attached hydrogens (tertiary/aromatic N) is 1. The van der Waals surface area contributed by atoms with Gasteiger partial charge in [0, 0.05) is 22.9 Å². The number of carbonyl (C=O) groups is 1. The van der Waals surface area contributed by atoms with Crippen LogP contribution in [0.2, 0.25) is 0 Å². The Morgan fingerprint density at radius 2 is 1.95 bits per heavy atom. The van der Waals surface area contributed by atoms with E-state index >= 15 is 0 Å². The van der Waals surface area contributed by atoms with Crippen LogP contribution in [0.15, 0.2) is 42.5 Å². The van der Waals surface area contributed by atoms with E-state index in [-0.39, 0.29) is 5.91 Å². The van der Waals surface area contributed by atoms with Gasteiger partial charge < -0.3 is 5.32 Å². The average molecular weight is 292 g/mol. The van der Waals surface area contributed by atoms with Gasteiger partial charge in [0.25, 0.3) is 0 Å². The summed E-state index contributed by atoms with van der Waals surface area (Å²) in [5, 5.41) is 6.32. The number of aryl methyl sites for hydroxylation is 1. The van der Waals surface area contributed by atoms with Gasteiger partial charge in [-0.05, 0) is 24.8 Å². The van der Waals surface area contributed by atoms with Crippen LogP contribution in [0.5, 0.6) is 0 Å². The second-order valence-corrected chi connectivity index (χ2v) is 5.65. The first-order valence-corrected chi connectivity index (χ1v) is 7.78. The minimum absolute atomic E-state index is 0.0712. The minimum Gasteiger partial charge on any atom is -0.325 e. The normalized spacial score (nSPS) is 11.0. The average Bonchev–Trinajstić information content (AvgIpc) is 2.52. The number of nitrogens with one attached hydrogen (secondary N) is 1. The van der Waals surface area contributed by atoms with Gasteiger partial charge in [-0.15, -0.1) is 0 Å². The molecule has 0 fully saturated rings. The highest BCUT2D eigenvalue weighted by atomic mass is 16.1. The molecule has 1 N–H and O–H groups in total. The second-order valence-electron chi connectivity index (χ2n) is 5.65. The van der Waals surface area contributed by atoms with Crippen LogP contribution in [0, 0.1) is 6.92 Å². The summed E-state index contributed by atoms with van der Waals surface area (Å²) in [6.45, 7) is 4.05. The summed E-state index contributed by atoms with van der Waals surface area (Å²) < 4.78 is 0. The zero-order valence-electron chi connectivity index (χ0n) is 13.0. The van der Waals surface area contributed by atoms with Crippen LogP contribution in [-0.2, 0) is 4.79 Å². The molecule has 0 aliphatic heterocycles. The number of hydrogen-bond donors (Lipinski definition) is 1. The monoisotopic (exact) mass is 292 g/mol. The van der Waals surface area contributed by atoms with Gasteiger partial charge in [-0.3, -0.25) is 9.78 Å². The Kier molecular flexibility index (Phi) is 4.05. The van der Waals surface area contributed by atoms with Gasteiger partial charge in [0.15, 0.2) is 0 Å². The number of hydrogen-bond acceptors (Lipinski definition) is 2. The number of amides is 1. The molecule has 3 rings (SSSR count). The molecule has 1 amide bonds. The maximum atomic E-state index is 12.1. The van der Waals surface area contributed by atoms with Crippen molar-refractivity contribution in [1.82, 2.24) is 4.98 Å². The van der Waals surface area contributed by atoms with Gasteiger partial charge in [-0.25, -0.2) is 0 Å². The predicted molar refractivity (Wildman–Crippen MR) is 92.1 cm³/mol. The summed E-state index contributed by atoms with van der Waals surface area (Å²) in [4.78, 5) is 16.7. The highest BCUT2D eigenvalue weighted by Gasteiger charge is 2.10. The SMILES string of the molecule is CCCCC(=O)Nc1cc(C)nc2c1ccc1ccccc12. The van der Waals surface area contributed by atoms with Crippen LogP contribution in [0.4, 0.5) is 5.69 Å². The molecule has 0 radical (unpaired) electrons. The molecular formula is C19H20N2O. The zero-order chi connectivity index (χ0) is 15.5. The number of aromatic nitrogens is 1. The van der Waals surface area contributed by atoms with Crippen molar-refractivity contribution in [2.24, 2.45) is 0 Å². The number of pyridine rings is 1. The molecule has 0 aliphatic carbocycles. The summed E-state index contributed by atoms with van der Waals surface area (Å²) >= 11 is 0. The molecule has 0 atom stereocenters. The van der Waals surface area contributed by atoms with E-state index in [1.54, 1.807) is 0 Å². The summed E-state index contributed by atoms with van der Waals surface area (Å²) in [6.07, 6.45) is 2.50. The minimum atomic E-state index is 0.0712. The fourth-order valence-electron chi connectivity index (χ4n) is 2.74. The van der Waals surface area contributed by atoms with Gasteiger partial charge in [-0.2, -0.15) is 0 Å². The third-order valence-corrected chi connectivity index (χ3v) is 3.86. The Bertz CT molecular complexity index is 839. The van der Waals surface area contributed by atoms with E-state index in [1.807, 2.05) is 31.2 Å². The Balaban J connectivity index is 2.10. The van der Waals surface area contributed by atoms with E-state index in [2.05, 4.69) is 35.4 Å². The first-order valence-electron chi connectivity index (χ1n) is 7.78. The van der Waals surface area contributed by atoms with E-state index in [9.17, 15) is 4.79 Å². The summed E-state index contributed by atoms with van der Waals surface area (Å²) in [7, 11) is 0. The van der Waals surface area contributed by atoms with Crippen LogP contribution >= 0.6 is 0 Å². The Morgan fingerprint density at radius 1 is 1.14 bits per heavy atom. The van der Waals surface area contributed by atoms with Crippen molar-refractivity contribution in [3.8, 4) is 0 Å². The van der Waals surface area contributed by atoms with Crippen LogP contribution in [0.3, 0.4) is 0 Å². The van der Waals surface area contributed by atoms with Crippen molar-refractivity contribution in [2.75, 3.05) is 5.32 Å². The molecule has 112 valence electrons. The maximum Gasteiger partial charge on any atom is 0.224 e. The van der Waals surface area contributed by atoms with Crippen molar-refractivity contribution in [1.29, 1.82) is 0 Å². The number of fused-ring (bicyclic) bond motifs is 3. The molecule has 22 heavy (non-hydrogen) atoms. The molecule has 0 unspecified atom stereocenters. The predicted octanol–water partition coefficient (Wildman–Crippen LogP) is 4.83. The van der Waals surface area contributed by atoms with E-state index in [1.165, 1.54) is 0 Å². The highest BCUT2D eigenvalue weighted by Crippen LogP contribution is 2.29. The molecule has 0 saturated carbocycles. The molecule has 1 aromatic heterocycles. The first-order chi connectivity index (χ1) is 10.7. The number of benzene rings is 2. The smallest absolute Gasteiger partial charge is 0.224 e. The van der Waals surface area contributed by atoms with Crippen LogP contribution in [0.25, 0.3) is 21.7 Å². The third kappa shape index (κ3) is 2.80. The maximum absolute atomic E-state index is 12.1. The lowest BCUT2D eigenvalue weighted by molar-refractivity contribution is -0.116. The van der Waals surface area contributed by atoms with Crippen molar-refractivity contribution < 1.29 is 4.79 Å². The highest BCUT2D eigenvalue weighted by molar-refractivity contribution is 6.11. The Morgan fingerprint density at radius 3 is 2.77 bits per heavy atom. The fourth-order valence-corrected chi connectivity index (χ4v) is 2.74. The van der Waals surface area contributed by atoms with E-state index in [4.69, 9.17) is 0 Å². The standard InChI is InChI=1S/C19H20N2O/c1-3-4-9-18(22)21-17-12-13(2)20-19-15-8-6-5-7-14(15)10-11-16(17)19/h5-8,10-12H,3-4,9H2,1-2H3,(H,20,21,22). The van der Waals surface area contributed by atoms with Gasteiger partial charge in [0.2, 0.25) is 5.91 Å². The molecule has 0 bridgehead atoms. The molecular weight excluding hydrogens is 272 g/mol. The number of anilines is 1. The lowest BCUT2D eigenvalue weighted by Gasteiger charge is -2.11. The van der Waals surface area contributed by atoms with Gasteiger partial charge in [0.05, 0.1) is 11.2 Å². The first kappa shape index (κ1) is 14.5. The van der Waals surface area contributed by atoms with E-state index < -0.39 is 0 Å². The molecule has 1 heterocycles. The van der Waals surface area contributed by atoms with Gasteiger partial charge in [0.1, 0.15) is 0 Å².